The van der Waals surface area contributed by atoms with E-state index in [0.717, 1.165) is 19.4 Å². The molecule has 1 aliphatic rings. The fourth-order valence-corrected chi connectivity index (χ4v) is 3.05. The first-order chi connectivity index (χ1) is 9.35. The molecule has 0 bridgehead atoms. The second-order valence-electron chi connectivity index (χ2n) is 5.51. The minimum Gasteiger partial charge on any atom is -0.373 e. The number of hydrogen-bond donors (Lipinski definition) is 1. The summed E-state index contributed by atoms with van der Waals surface area (Å²) in [6, 6.07) is 9.43. The zero-order chi connectivity index (χ0) is 13.5. The molecule has 0 saturated heterocycles. The van der Waals surface area contributed by atoms with Crippen molar-refractivity contribution in [1.29, 1.82) is 0 Å². The Labute approximate surface area is 117 Å². The van der Waals surface area contributed by atoms with Crippen LogP contribution in [0.2, 0.25) is 0 Å². The Hall–Kier alpha value is -0.860. The van der Waals surface area contributed by atoms with Crippen molar-refractivity contribution in [2.75, 3.05) is 13.7 Å². The standard InChI is InChI=1S/C17H27NO/c1-3-7-15(18-2)9-6-11-17-16-10-5-4-8-14(16)12-13-19-17/h4-5,8,10,15,17-18H,3,6-7,9,11-13H2,1-2H3. The van der Waals surface area contributed by atoms with E-state index in [1.807, 2.05) is 0 Å². The van der Waals surface area contributed by atoms with Crippen molar-refractivity contribution in [2.45, 2.75) is 57.6 Å². The van der Waals surface area contributed by atoms with Crippen molar-refractivity contribution in [2.24, 2.45) is 0 Å². The Balaban J connectivity index is 1.84. The lowest BCUT2D eigenvalue weighted by Gasteiger charge is -2.26. The van der Waals surface area contributed by atoms with E-state index in [4.69, 9.17) is 4.74 Å². The third-order valence-corrected chi connectivity index (χ3v) is 4.16. The molecular formula is C17H27NO. The summed E-state index contributed by atoms with van der Waals surface area (Å²) in [5.74, 6) is 0. The summed E-state index contributed by atoms with van der Waals surface area (Å²) < 4.78 is 5.96. The predicted octanol–water partition coefficient (Wildman–Crippen LogP) is 3.86. The summed E-state index contributed by atoms with van der Waals surface area (Å²) in [5.41, 5.74) is 2.91. The first kappa shape index (κ1) is 14.5. The molecular weight excluding hydrogens is 234 g/mol. The molecule has 0 spiro atoms. The molecule has 2 unspecified atom stereocenters. The Morgan fingerprint density at radius 2 is 2.16 bits per heavy atom. The Morgan fingerprint density at radius 1 is 1.32 bits per heavy atom. The quantitative estimate of drug-likeness (QED) is 0.804. The summed E-state index contributed by atoms with van der Waals surface area (Å²) in [6.45, 7) is 3.14. The van der Waals surface area contributed by atoms with Crippen LogP contribution in [-0.2, 0) is 11.2 Å². The van der Waals surface area contributed by atoms with E-state index in [1.165, 1.54) is 36.8 Å². The summed E-state index contributed by atoms with van der Waals surface area (Å²) in [7, 11) is 2.08. The van der Waals surface area contributed by atoms with Gasteiger partial charge in [-0.3, -0.25) is 0 Å². The van der Waals surface area contributed by atoms with Crippen LogP contribution in [0.4, 0.5) is 0 Å². The number of benzene rings is 1. The molecule has 1 N–H and O–H groups in total. The molecule has 0 aromatic heterocycles. The third-order valence-electron chi connectivity index (χ3n) is 4.16. The SMILES string of the molecule is CCCC(CCCC1OCCc2ccccc21)NC. The molecule has 0 amide bonds. The van der Waals surface area contributed by atoms with E-state index >= 15 is 0 Å². The first-order valence-corrected chi connectivity index (χ1v) is 7.71. The maximum absolute atomic E-state index is 5.96. The lowest BCUT2D eigenvalue weighted by molar-refractivity contribution is 0.0344. The molecule has 1 aromatic carbocycles. The monoisotopic (exact) mass is 261 g/mol. The van der Waals surface area contributed by atoms with Gasteiger partial charge in [-0.25, -0.2) is 0 Å². The first-order valence-electron chi connectivity index (χ1n) is 7.71. The number of rotatable bonds is 7. The molecule has 1 aromatic rings. The van der Waals surface area contributed by atoms with E-state index in [1.54, 1.807) is 0 Å². The van der Waals surface area contributed by atoms with Crippen LogP contribution >= 0.6 is 0 Å². The van der Waals surface area contributed by atoms with Crippen molar-refractivity contribution in [3.05, 3.63) is 35.4 Å². The largest absolute Gasteiger partial charge is 0.373 e. The van der Waals surface area contributed by atoms with Crippen molar-refractivity contribution in [3.63, 3.8) is 0 Å². The van der Waals surface area contributed by atoms with E-state index in [2.05, 4.69) is 43.6 Å². The van der Waals surface area contributed by atoms with Crippen LogP contribution in [0.3, 0.4) is 0 Å². The van der Waals surface area contributed by atoms with Gasteiger partial charge in [0.2, 0.25) is 0 Å². The van der Waals surface area contributed by atoms with Crippen LogP contribution in [0, 0.1) is 0 Å². The topological polar surface area (TPSA) is 21.3 Å². The van der Waals surface area contributed by atoms with E-state index in [-0.39, 0.29) is 0 Å². The Bertz CT molecular complexity index is 377. The van der Waals surface area contributed by atoms with Gasteiger partial charge in [-0.1, -0.05) is 37.6 Å². The zero-order valence-corrected chi connectivity index (χ0v) is 12.3. The van der Waals surface area contributed by atoms with Crippen molar-refractivity contribution in [1.82, 2.24) is 5.32 Å². The van der Waals surface area contributed by atoms with Gasteiger partial charge in [-0.05, 0) is 50.3 Å². The fourth-order valence-electron chi connectivity index (χ4n) is 3.05. The van der Waals surface area contributed by atoms with Crippen LogP contribution in [0.5, 0.6) is 0 Å². The highest BCUT2D eigenvalue weighted by Gasteiger charge is 2.20. The maximum Gasteiger partial charge on any atom is 0.0827 e. The van der Waals surface area contributed by atoms with Gasteiger partial charge in [-0.15, -0.1) is 0 Å². The second-order valence-corrected chi connectivity index (χ2v) is 5.51. The van der Waals surface area contributed by atoms with Gasteiger partial charge in [0.1, 0.15) is 0 Å². The summed E-state index contributed by atoms with van der Waals surface area (Å²) >= 11 is 0. The molecule has 0 aliphatic carbocycles. The van der Waals surface area contributed by atoms with Gasteiger partial charge in [0.25, 0.3) is 0 Å². The average molecular weight is 261 g/mol. The van der Waals surface area contributed by atoms with Crippen molar-refractivity contribution >= 4 is 0 Å². The van der Waals surface area contributed by atoms with Gasteiger partial charge in [0.15, 0.2) is 0 Å². The lowest BCUT2D eigenvalue weighted by Crippen LogP contribution is -2.25. The molecule has 0 radical (unpaired) electrons. The van der Waals surface area contributed by atoms with Crippen LogP contribution < -0.4 is 5.32 Å². The molecule has 2 rings (SSSR count). The number of fused-ring (bicyclic) bond motifs is 1. The van der Waals surface area contributed by atoms with Crippen LogP contribution in [0.1, 0.15) is 56.3 Å². The lowest BCUT2D eigenvalue weighted by atomic mass is 9.93. The van der Waals surface area contributed by atoms with Gasteiger partial charge in [0, 0.05) is 6.04 Å². The molecule has 2 atom stereocenters. The van der Waals surface area contributed by atoms with E-state index in [0.29, 0.717) is 12.1 Å². The normalized spacial score (nSPS) is 20.0. The highest BCUT2D eigenvalue weighted by atomic mass is 16.5. The Morgan fingerprint density at radius 3 is 2.95 bits per heavy atom. The van der Waals surface area contributed by atoms with Crippen molar-refractivity contribution in [3.8, 4) is 0 Å². The number of nitrogens with one attached hydrogen (secondary N) is 1. The van der Waals surface area contributed by atoms with Gasteiger partial charge in [-0.2, -0.15) is 0 Å². The van der Waals surface area contributed by atoms with Crippen LogP contribution in [-0.4, -0.2) is 19.7 Å². The number of hydrogen-bond acceptors (Lipinski definition) is 2. The fraction of sp³-hybridized carbons (Fsp3) is 0.647. The van der Waals surface area contributed by atoms with E-state index in [9.17, 15) is 0 Å². The molecule has 0 fully saturated rings. The molecule has 106 valence electrons. The zero-order valence-electron chi connectivity index (χ0n) is 12.3. The van der Waals surface area contributed by atoms with Gasteiger partial charge >= 0.3 is 0 Å². The van der Waals surface area contributed by atoms with Crippen LogP contribution in [0.25, 0.3) is 0 Å². The van der Waals surface area contributed by atoms with Gasteiger partial charge in [0.05, 0.1) is 12.7 Å². The molecule has 2 nitrogen and oxygen atoms in total. The highest BCUT2D eigenvalue weighted by molar-refractivity contribution is 5.30. The molecule has 1 aliphatic heterocycles. The second kappa shape index (κ2) is 7.66. The summed E-state index contributed by atoms with van der Waals surface area (Å²) in [4.78, 5) is 0. The summed E-state index contributed by atoms with van der Waals surface area (Å²) in [5, 5.41) is 3.42. The van der Waals surface area contributed by atoms with Gasteiger partial charge < -0.3 is 10.1 Å². The summed E-state index contributed by atoms with van der Waals surface area (Å²) in [6.07, 6.45) is 7.58. The molecule has 0 saturated carbocycles. The Kier molecular flexibility index (Phi) is 5.87. The third kappa shape index (κ3) is 4.05. The maximum atomic E-state index is 5.96. The number of ether oxygens (including phenoxy) is 1. The minimum atomic E-state index is 0.323. The van der Waals surface area contributed by atoms with Crippen molar-refractivity contribution < 1.29 is 4.74 Å². The molecule has 2 heteroatoms. The average Bonchev–Trinajstić information content (AvgIpc) is 2.46. The van der Waals surface area contributed by atoms with E-state index < -0.39 is 0 Å². The smallest absolute Gasteiger partial charge is 0.0827 e. The predicted molar refractivity (Wildman–Crippen MR) is 80.4 cm³/mol. The minimum absolute atomic E-state index is 0.323. The molecule has 1 heterocycles. The van der Waals surface area contributed by atoms with Crippen LogP contribution in [0.15, 0.2) is 24.3 Å². The molecule has 19 heavy (non-hydrogen) atoms. The highest BCUT2D eigenvalue weighted by Crippen LogP contribution is 2.31.